The van der Waals surface area contributed by atoms with Gasteiger partial charge in [-0.1, -0.05) is 20.3 Å². The molecule has 0 spiro atoms. The number of aryl methyl sites for hydroxylation is 1. The highest BCUT2D eigenvalue weighted by Gasteiger charge is 2.36. The SMILES string of the molecule is Cc1csc(CN2CC3CCCCN3CC2C(C)C)n1. The van der Waals surface area contributed by atoms with E-state index in [1.807, 2.05) is 11.3 Å². The molecule has 2 saturated heterocycles. The summed E-state index contributed by atoms with van der Waals surface area (Å²) < 4.78 is 0. The molecule has 3 nitrogen and oxygen atoms in total. The first-order valence-electron chi connectivity index (χ1n) is 8.02. The van der Waals surface area contributed by atoms with Crippen LogP contribution < -0.4 is 0 Å². The molecule has 0 aromatic carbocycles. The summed E-state index contributed by atoms with van der Waals surface area (Å²) in [4.78, 5) is 10.1. The van der Waals surface area contributed by atoms with Crippen LogP contribution in [0.5, 0.6) is 0 Å². The summed E-state index contributed by atoms with van der Waals surface area (Å²) in [5.74, 6) is 0.721. The van der Waals surface area contributed by atoms with Crippen molar-refractivity contribution in [3.05, 3.63) is 16.1 Å². The van der Waals surface area contributed by atoms with Gasteiger partial charge in [-0.3, -0.25) is 9.80 Å². The Morgan fingerprint density at radius 1 is 1.35 bits per heavy atom. The largest absolute Gasteiger partial charge is 0.298 e. The molecule has 0 N–H and O–H groups in total. The van der Waals surface area contributed by atoms with Crippen molar-refractivity contribution in [2.45, 2.75) is 58.7 Å². The first kappa shape index (κ1) is 14.5. The van der Waals surface area contributed by atoms with Crippen LogP contribution in [-0.4, -0.2) is 46.5 Å². The van der Waals surface area contributed by atoms with Gasteiger partial charge in [0.05, 0.1) is 6.54 Å². The predicted octanol–water partition coefficient (Wildman–Crippen LogP) is 3.15. The van der Waals surface area contributed by atoms with E-state index < -0.39 is 0 Å². The molecule has 3 heterocycles. The zero-order valence-electron chi connectivity index (χ0n) is 13.0. The topological polar surface area (TPSA) is 19.4 Å². The third-order valence-electron chi connectivity index (χ3n) is 4.86. The number of thiazole rings is 1. The van der Waals surface area contributed by atoms with E-state index in [2.05, 4.69) is 40.9 Å². The van der Waals surface area contributed by atoms with E-state index in [-0.39, 0.29) is 0 Å². The second-order valence-electron chi connectivity index (χ2n) is 6.77. The van der Waals surface area contributed by atoms with Gasteiger partial charge in [0.25, 0.3) is 0 Å². The maximum Gasteiger partial charge on any atom is 0.107 e. The summed E-state index contributed by atoms with van der Waals surface area (Å²) in [6.45, 7) is 11.7. The van der Waals surface area contributed by atoms with Crippen molar-refractivity contribution in [1.82, 2.24) is 14.8 Å². The fourth-order valence-corrected chi connectivity index (χ4v) is 4.53. The summed E-state index contributed by atoms with van der Waals surface area (Å²) in [6.07, 6.45) is 4.20. The van der Waals surface area contributed by atoms with E-state index in [0.717, 1.165) is 18.5 Å². The Balaban J connectivity index is 1.72. The minimum atomic E-state index is 0.688. The maximum absolute atomic E-state index is 4.67. The summed E-state index contributed by atoms with van der Waals surface area (Å²) in [5.41, 5.74) is 1.17. The van der Waals surface area contributed by atoms with Crippen LogP contribution in [0.25, 0.3) is 0 Å². The number of nitrogens with zero attached hydrogens (tertiary/aromatic N) is 3. The van der Waals surface area contributed by atoms with Gasteiger partial charge in [0.1, 0.15) is 5.01 Å². The second kappa shape index (κ2) is 6.12. The molecule has 1 aromatic heterocycles. The average Bonchev–Trinajstić information content (AvgIpc) is 2.83. The number of piperazine rings is 1. The minimum Gasteiger partial charge on any atom is -0.298 e. The molecular formula is C16H27N3S. The second-order valence-corrected chi connectivity index (χ2v) is 7.71. The molecule has 112 valence electrons. The zero-order chi connectivity index (χ0) is 14.1. The summed E-state index contributed by atoms with van der Waals surface area (Å²) in [6, 6.07) is 1.48. The van der Waals surface area contributed by atoms with Gasteiger partial charge in [-0.25, -0.2) is 4.98 Å². The molecule has 3 rings (SSSR count). The van der Waals surface area contributed by atoms with Crippen molar-refractivity contribution in [2.24, 2.45) is 5.92 Å². The number of piperidine rings is 1. The first-order chi connectivity index (χ1) is 9.63. The van der Waals surface area contributed by atoms with Gasteiger partial charge in [0.2, 0.25) is 0 Å². The van der Waals surface area contributed by atoms with E-state index in [4.69, 9.17) is 0 Å². The summed E-state index contributed by atoms with van der Waals surface area (Å²) in [7, 11) is 0. The molecule has 20 heavy (non-hydrogen) atoms. The van der Waals surface area contributed by atoms with Crippen LogP contribution in [0.2, 0.25) is 0 Å². The Morgan fingerprint density at radius 3 is 2.90 bits per heavy atom. The lowest BCUT2D eigenvalue weighted by molar-refractivity contribution is -0.0118. The molecule has 2 aliphatic heterocycles. The molecular weight excluding hydrogens is 266 g/mol. The molecule has 0 bridgehead atoms. The van der Waals surface area contributed by atoms with E-state index in [9.17, 15) is 0 Å². The Morgan fingerprint density at radius 2 is 2.20 bits per heavy atom. The zero-order valence-corrected chi connectivity index (χ0v) is 13.8. The van der Waals surface area contributed by atoms with Gasteiger partial charge in [-0.2, -0.15) is 0 Å². The van der Waals surface area contributed by atoms with E-state index in [1.165, 1.54) is 49.6 Å². The highest BCUT2D eigenvalue weighted by atomic mass is 32.1. The molecule has 2 aliphatic rings. The average molecular weight is 293 g/mol. The molecule has 2 fully saturated rings. The van der Waals surface area contributed by atoms with Gasteiger partial charge in [-0.05, 0) is 32.2 Å². The summed E-state index contributed by atoms with van der Waals surface area (Å²) >= 11 is 1.82. The molecule has 4 heteroatoms. The fourth-order valence-electron chi connectivity index (χ4n) is 3.73. The normalized spacial score (nSPS) is 28.8. The Hall–Kier alpha value is -0.450. The lowest BCUT2D eigenvalue weighted by Crippen LogP contribution is -2.60. The smallest absolute Gasteiger partial charge is 0.107 e. The lowest BCUT2D eigenvalue weighted by Gasteiger charge is -2.49. The highest BCUT2D eigenvalue weighted by molar-refractivity contribution is 7.09. The molecule has 2 atom stereocenters. The number of fused-ring (bicyclic) bond motifs is 1. The van der Waals surface area contributed by atoms with Crippen molar-refractivity contribution < 1.29 is 0 Å². The van der Waals surface area contributed by atoms with Crippen molar-refractivity contribution in [3.63, 3.8) is 0 Å². The van der Waals surface area contributed by atoms with Gasteiger partial charge in [-0.15, -0.1) is 11.3 Å². The van der Waals surface area contributed by atoms with Gasteiger partial charge >= 0.3 is 0 Å². The third kappa shape index (κ3) is 3.07. The van der Waals surface area contributed by atoms with E-state index in [0.29, 0.717) is 6.04 Å². The van der Waals surface area contributed by atoms with Crippen molar-refractivity contribution >= 4 is 11.3 Å². The quantitative estimate of drug-likeness (QED) is 0.853. The first-order valence-corrected chi connectivity index (χ1v) is 8.90. The Kier molecular flexibility index (Phi) is 4.43. The summed E-state index contributed by atoms with van der Waals surface area (Å²) in [5, 5.41) is 3.47. The number of aromatic nitrogens is 1. The highest BCUT2D eigenvalue weighted by Crippen LogP contribution is 2.28. The molecule has 0 amide bonds. The van der Waals surface area contributed by atoms with Crippen LogP contribution in [0.3, 0.4) is 0 Å². The molecule has 0 radical (unpaired) electrons. The number of hydrogen-bond donors (Lipinski definition) is 0. The Bertz CT molecular complexity index is 443. The monoisotopic (exact) mass is 293 g/mol. The molecule has 2 unspecified atom stereocenters. The minimum absolute atomic E-state index is 0.688. The van der Waals surface area contributed by atoms with Gasteiger partial charge in [0.15, 0.2) is 0 Å². The van der Waals surface area contributed by atoms with Crippen molar-refractivity contribution in [2.75, 3.05) is 19.6 Å². The standard InChI is InChI=1S/C16H27N3S/c1-12(2)15-9-18-7-5-4-6-14(18)8-19(15)10-16-17-13(3)11-20-16/h11-12,14-15H,4-10H2,1-3H3. The molecule has 0 aliphatic carbocycles. The lowest BCUT2D eigenvalue weighted by atomic mass is 9.92. The number of hydrogen-bond acceptors (Lipinski definition) is 4. The van der Waals surface area contributed by atoms with Crippen LogP contribution in [0.15, 0.2) is 5.38 Å². The van der Waals surface area contributed by atoms with Gasteiger partial charge in [0, 0.05) is 36.2 Å². The third-order valence-corrected chi connectivity index (χ3v) is 5.81. The maximum atomic E-state index is 4.67. The van der Waals surface area contributed by atoms with Crippen molar-refractivity contribution in [3.8, 4) is 0 Å². The number of rotatable bonds is 3. The van der Waals surface area contributed by atoms with Crippen LogP contribution in [0.4, 0.5) is 0 Å². The van der Waals surface area contributed by atoms with Crippen LogP contribution in [-0.2, 0) is 6.54 Å². The van der Waals surface area contributed by atoms with Gasteiger partial charge < -0.3 is 0 Å². The van der Waals surface area contributed by atoms with Crippen LogP contribution >= 0.6 is 11.3 Å². The van der Waals surface area contributed by atoms with Crippen LogP contribution in [0, 0.1) is 12.8 Å². The molecule has 0 saturated carbocycles. The Labute approximate surface area is 127 Å². The fraction of sp³-hybridized carbons (Fsp3) is 0.812. The van der Waals surface area contributed by atoms with E-state index >= 15 is 0 Å². The van der Waals surface area contributed by atoms with E-state index in [1.54, 1.807) is 0 Å². The van der Waals surface area contributed by atoms with Crippen molar-refractivity contribution in [1.29, 1.82) is 0 Å². The molecule has 1 aromatic rings. The van der Waals surface area contributed by atoms with Crippen LogP contribution in [0.1, 0.15) is 43.8 Å². The predicted molar refractivity (Wildman–Crippen MR) is 85.1 cm³/mol.